The zero-order valence-corrected chi connectivity index (χ0v) is 16.3. The second kappa shape index (κ2) is 7.47. The molecule has 148 valence electrons. The Morgan fingerprint density at radius 3 is 2.83 bits per heavy atom. The minimum atomic E-state index is -3.58. The van der Waals surface area contributed by atoms with Gasteiger partial charge < -0.3 is 9.88 Å². The first kappa shape index (κ1) is 18.8. The maximum atomic E-state index is 12.3. The number of rotatable bonds is 5. The molecule has 0 bridgehead atoms. The molecule has 10 heteroatoms. The zero-order valence-electron chi connectivity index (χ0n) is 15.5. The number of amides is 1. The van der Waals surface area contributed by atoms with Crippen molar-refractivity contribution in [2.45, 2.75) is 11.3 Å². The Hall–Kier alpha value is -3.53. The molecule has 1 aromatic heterocycles. The number of hydrogen-bond acceptors (Lipinski definition) is 6. The highest BCUT2D eigenvalue weighted by molar-refractivity contribution is 7.90. The molecule has 0 atom stereocenters. The Bertz CT molecular complexity index is 1220. The largest absolute Gasteiger partial charge is 0.326 e. The van der Waals surface area contributed by atoms with Gasteiger partial charge in [-0.25, -0.2) is 8.42 Å². The molecule has 1 amide bonds. The third kappa shape index (κ3) is 3.87. The number of hydrogen-bond donors (Lipinski definition) is 2. The molecule has 2 heterocycles. The predicted molar refractivity (Wildman–Crippen MR) is 108 cm³/mol. The highest BCUT2D eigenvalue weighted by Crippen LogP contribution is 2.22. The van der Waals surface area contributed by atoms with Crippen LogP contribution in [0.25, 0.3) is 11.4 Å². The van der Waals surface area contributed by atoms with Crippen LogP contribution in [0.5, 0.6) is 0 Å². The van der Waals surface area contributed by atoms with Gasteiger partial charge >= 0.3 is 0 Å². The number of benzene rings is 2. The van der Waals surface area contributed by atoms with Gasteiger partial charge in [-0.05, 0) is 24.3 Å². The van der Waals surface area contributed by atoms with Crippen LogP contribution >= 0.6 is 0 Å². The molecule has 2 aromatic carbocycles. The monoisotopic (exact) mass is 410 g/mol. The molecule has 2 N–H and O–H groups in total. The van der Waals surface area contributed by atoms with Gasteiger partial charge in [0.1, 0.15) is 12.2 Å². The number of nitrogens with one attached hydrogen (secondary N) is 2. The van der Waals surface area contributed by atoms with Crippen LogP contribution in [-0.4, -0.2) is 41.5 Å². The lowest BCUT2D eigenvalue weighted by Gasteiger charge is -2.07. The number of fused-ring (bicyclic) bond motifs is 1. The summed E-state index contributed by atoms with van der Waals surface area (Å²) in [4.78, 5) is 16.7. The van der Waals surface area contributed by atoms with Crippen LogP contribution in [0, 0.1) is 0 Å². The van der Waals surface area contributed by atoms with Gasteiger partial charge in [-0.15, -0.1) is 10.2 Å². The topological polar surface area (TPSA) is 118 Å². The SMILES string of the molecule is Cn1cnnc1-c1cccc(NC(=O)CCN=C2NS(=O)(=O)c3ccccc32)c1. The summed E-state index contributed by atoms with van der Waals surface area (Å²) >= 11 is 0. The van der Waals surface area contributed by atoms with E-state index in [1.54, 1.807) is 35.2 Å². The summed E-state index contributed by atoms with van der Waals surface area (Å²) in [7, 11) is -1.74. The normalized spacial score (nSPS) is 15.7. The summed E-state index contributed by atoms with van der Waals surface area (Å²) < 4.78 is 28.4. The standard InChI is InChI=1S/C19H18N6O3S/c1-25-12-21-23-19(25)13-5-4-6-14(11-13)22-17(26)9-10-20-18-15-7-2-3-8-16(15)29(27,28)24-18/h2-8,11-12H,9-10H2,1H3,(H,20,24)(H,22,26). The second-order valence-electron chi connectivity index (χ2n) is 6.48. The van der Waals surface area contributed by atoms with Gasteiger partial charge in [0.2, 0.25) is 5.91 Å². The summed E-state index contributed by atoms with van der Waals surface area (Å²) in [6, 6.07) is 13.9. The molecule has 9 nitrogen and oxygen atoms in total. The van der Waals surface area contributed by atoms with Crippen molar-refractivity contribution in [2.24, 2.45) is 12.0 Å². The summed E-state index contributed by atoms with van der Waals surface area (Å²) in [5.74, 6) is 0.732. The van der Waals surface area contributed by atoms with Crippen LogP contribution in [0.4, 0.5) is 5.69 Å². The van der Waals surface area contributed by atoms with Gasteiger partial charge in [-0.2, -0.15) is 0 Å². The maximum absolute atomic E-state index is 12.3. The number of carbonyl (C=O) groups excluding carboxylic acids is 1. The number of anilines is 1. The molecule has 0 aliphatic carbocycles. The average molecular weight is 410 g/mol. The van der Waals surface area contributed by atoms with Crippen LogP contribution < -0.4 is 10.0 Å². The molecule has 0 fully saturated rings. The van der Waals surface area contributed by atoms with Gasteiger partial charge in [0.15, 0.2) is 5.82 Å². The molecule has 0 saturated heterocycles. The lowest BCUT2D eigenvalue weighted by molar-refractivity contribution is -0.116. The van der Waals surface area contributed by atoms with E-state index in [4.69, 9.17) is 0 Å². The van der Waals surface area contributed by atoms with Crippen molar-refractivity contribution in [2.75, 3.05) is 11.9 Å². The highest BCUT2D eigenvalue weighted by atomic mass is 32.2. The van der Waals surface area contributed by atoms with Gasteiger partial charge in [0, 0.05) is 30.3 Å². The first-order chi connectivity index (χ1) is 13.9. The molecule has 3 aromatic rings. The lowest BCUT2D eigenvalue weighted by Crippen LogP contribution is -2.23. The van der Waals surface area contributed by atoms with Crippen molar-refractivity contribution in [1.29, 1.82) is 0 Å². The number of aliphatic imine (C=N–C) groups is 1. The predicted octanol–water partition coefficient (Wildman–Crippen LogP) is 1.55. The van der Waals surface area contributed by atoms with Crippen molar-refractivity contribution in [3.8, 4) is 11.4 Å². The van der Waals surface area contributed by atoms with E-state index in [0.29, 0.717) is 17.1 Å². The fraction of sp³-hybridized carbons (Fsp3) is 0.158. The number of amidine groups is 1. The summed E-state index contributed by atoms with van der Waals surface area (Å²) in [6.07, 6.45) is 1.72. The fourth-order valence-electron chi connectivity index (χ4n) is 3.02. The van der Waals surface area contributed by atoms with Crippen LogP contribution in [0.3, 0.4) is 0 Å². The van der Waals surface area contributed by atoms with Crippen molar-refractivity contribution in [3.05, 3.63) is 60.4 Å². The number of sulfonamides is 1. The quantitative estimate of drug-likeness (QED) is 0.662. The molecule has 0 spiro atoms. The number of aromatic nitrogens is 3. The minimum absolute atomic E-state index is 0.113. The van der Waals surface area contributed by atoms with Gasteiger partial charge in [-0.3, -0.25) is 14.5 Å². The highest BCUT2D eigenvalue weighted by Gasteiger charge is 2.29. The van der Waals surface area contributed by atoms with Crippen molar-refractivity contribution in [3.63, 3.8) is 0 Å². The van der Waals surface area contributed by atoms with Crippen LogP contribution in [0.2, 0.25) is 0 Å². The first-order valence-electron chi connectivity index (χ1n) is 8.85. The van der Waals surface area contributed by atoms with Crippen molar-refractivity contribution < 1.29 is 13.2 Å². The third-order valence-electron chi connectivity index (χ3n) is 4.39. The van der Waals surface area contributed by atoms with E-state index in [9.17, 15) is 13.2 Å². The van der Waals surface area contributed by atoms with E-state index in [1.807, 2.05) is 25.2 Å². The molecule has 1 aliphatic rings. The molecule has 0 saturated carbocycles. The molecular weight excluding hydrogens is 392 g/mol. The molecule has 1 aliphatic heterocycles. The Morgan fingerprint density at radius 2 is 2.03 bits per heavy atom. The summed E-state index contributed by atoms with van der Waals surface area (Å²) in [6.45, 7) is 0.154. The van der Waals surface area contributed by atoms with Gasteiger partial charge in [0.05, 0.1) is 11.4 Å². The number of nitrogens with zero attached hydrogens (tertiary/aromatic N) is 4. The smallest absolute Gasteiger partial charge is 0.263 e. The Kier molecular flexibility index (Phi) is 4.85. The molecule has 0 unspecified atom stereocenters. The molecule has 29 heavy (non-hydrogen) atoms. The number of carbonyl (C=O) groups is 1. The zero-order chi connectivity index (χ0) is 20.4. The average Bonchev–Trinajstić information content (AvgIpc) is 3.23. The van der Waals surface area contributed by atoms with Gasteiger partial charge in [-0.1, -0.05) is 24.3 Å². The van der Waals surface area contributed by atoms with E-state index in [-0.39, 0.29) is 29.6 Å². The minimum Gasteiger partial charge on any atom is -0.326 e. The number of aryl methyl sites for hydroxylation is 1. The first-order valence-corrected chi connectivity index (χ1v) is 10.3. The van der Waals surface area contributed by atoms with Crippen LogP contribution in [0.15, 0.2) is 64.7 Å². The van der Waals surface area contributed by atoms with Crippen molar-refractivity contribution in [1.82, 2.24) is 19.5 Å². The second-order valence-corrected chi connectivity index (χ2v) is 8.13. The Balaban J connectivity index is 1.41. The van der Waals surface area contributed by atoms with Gasteiger partial charge in [0.25, 0.3) is 10.0 Å². The van der Waals surface area contributed by atoms with E-state index >= 15 is 0 Å². The lowest BCUT2D eigenvalue weighted by atomic mass is 10.2. The van der Waals surface area contributed by atoms with E-state index in [1.165, 1.54) is 6.07 Å². The summed E-state index contributed by atoms with van der Waals surface area (Å²) in [5.41, 5.74) is 1.99. The molecule has 4 rings (SSSR count). The Morgan fingerprint density at radius 1 is 1.21 bits per heavy atom. The molecular formula is C19H18N6O3S. The van der Waals surface area contributed by atoms with E-state index in [2.05, 4.69) is 25.2 Å². The summed E-state index contributed by atoms with van der Waals surface area (Å²) in [5, 5.41) is 10.7. The molecule has 0 radical (unpaired) electrons. The third-order valence-corrected chi connectivity index (χ3v) is 5.78. The maximum Gasteiger partial charge on any atom is 0.263 e. The van der Waals surface area contributed by atoms with E-state index < -0.39 is 10.0 Å². The van der Waals surface area contributed by atoms with Crippen molar-refractivity contribution >= 4 is 27.5 Å². The fourth-order valence-corrected chi connectivity index (χ4v) is 4.28. The van der Waals surface area contributed by atoms with Crippen LogP contribution in [0.1, 0.15) is 12.0 Å². The van der Waals surface area contributed by atoms with E-state index in [0.717, 1.165) is 5.56 Å². The Labute approximate surface area is 167 Å². The van der Waals surface area contributed by atoms with Crippen LogP contribution in [-0.2, 0) is 21.9 Å².